The minimum Gasteiger partial charge on any atom is -0.481 e. The molecule has 0 heterocycles. The predicted molar refractivity (Wildman–Crippen MR) is 190 cm³/mol. The summed E-state index contributed by atoms with van der Waals surface area (Å²) in [6.07, 6.45) is 43.7. The number of hydrogen-bond acceptors (Lipinski definition) is 3. The number of ether oxygens (including phenoxy) is 1. The van der Waals surface area contributed by atoms with Crippen LogP contribution in [0.5, 0.6) is 0 Å². The molecule has 0 fully saturated rings. The van der Waals surface area contributed by atoms with Crippen LogP contribution in [0.4, 0.5) is 0 Å². The topological polar surface area (TPSA) is 63.6 Å². The van der Waals surface area contributed by atoms with E-state index >= 15 is 0 Å². The van der Waals surface area contributed by atoms with Gasteiger partial charge in [-0.15, -0.1) is 0 Å². The molecule has 1 unspecified atom stereocenters. The largest absolute Gasteiger partial charge is 0.481 e. The summed E-state index contributed by atoms with van der Waals surface area (Å²) < 4.78 is 5.97. The Morgan fingerprint density at radius 3 is 1.25 bits per heavy atom. The summed E-state index contributed by atoms with van der Waals surface area (Å²) in [5, 5.41) is 8.85. The van der Waals surface area contributed by atoms with Gasteiger partial charge in [-0.1, -0.05) is 161 Å². The molecule has 0 radical (unpaired) electrons. The second-order valence-corrected chi connectivity index (χ2v) is 13.5. The summed E-state index contributed by atoms with van der Waals surface area (Å²) in [5.74, 6) is -0.725. The first-order valence-corrected chi connectivity index (χ1v) is 19.7. The van der Waals surface area contributed by atoms with Crippen molar-refractivity contribution in [3.63, 3.8) is 0 Å². The molecule has 0 bridgehead atoms. The Kier molecular flexibility index (Phi) is 35.1. The number of esters is 1. The molecule has 0 saturated carbocycles. The van der Waals surface area contributed by atoms with E-state index in [1.807, 2.05) is 0 Å². The number of carboxylic acid groups (broad SMARTS) is 1. The van der Waals surface area contributed by atoms with E-state index in [1.54, 1.807) is 0 Å². The van der Waals surface area contributed by atoms with Crippen LogP contribution in [0.15, 0.2) is 12.2 Å². The van der Waals surface area contributed by atoms with E-state index in [-0.39, 0.29) is 18.5 Å². The molecular weight excluding hydrogens is 544 g/mol. The maximum atomic E-state index is 12.6. The van der Waals surface area contributed by atoms with E-state index in [4.69, 9.17) is 9.84 Å². The Hall–Kier alpha value is -1.32. The van der Waals surface area contributed by atoms with Crippen molar-refractivity contribution in [2.45, 2.75) is 232 Å². The van der Waals surface area contributed by atoms with Gasteiger partial charge in [0.15, 0.2) is 0 Å². The first-order chi connectivity index (χ1) is 21.6. The van der Waals surface area contributed by atoms with Crippen molar-refractivity contribution < 1.29 is 19.4 Å². The predicted octanol–water partition coefficient (Wildman–Crippen LogP) is 13.5. The molecule has 0 rings (SSSR count). The highest BCUT2D eigenvalue weighted by Gasteiger charge is 2.14. The highest BCUT2D eigenvalue weighted by atomic mass is 16.5. The second kappa shape index (κ2) is 36.2. The lowest BCUT2D eigenvalue weighted by Crippen LogP contribution is -2.18. The molecule has 0 amide bonds. The molecule has 0 aromatic heterocycles. The van der Waals surface area contributed by atoms with E-state index in [9.17, 15) is 9.59 Å². The zero-order valence-corrected chi connectivity index (χ0v) is 29.7. The molecule has 0 aliphatic carbocycles. The number of carbonyl (C=O) groups is 2. The van der Waals surface area contributed by atoms with Crippen LogP contribution in [-0.2, 0) is 14.3 Å². The summed E-state index contributed by atoms with van der Waals surface area (Å²) in [6, 6.07) is 0. The fourth-order valence-electron chi connectivity index (χ4n) is 6.06. The van der Waals surface area contributed by atoms with Crippen molar-refractivity contribution in [1.29, 1.82) is 0 Å². The zero-order valence-electron chi connectivity index (χ0n) is 29.7. The first kappa shape index (κ1) is 42.7. The monoisotopic (exact) mass is 621 g/mol. The molecule has 1 atom stereocenters. The molecule has 0 aromatic rings. The molecule has 0 aliphatic heterocycles. The number of hydrogen-bond donors (Lipinski definition) is 1. The lowest BCUT2D eigenvalue weighted by atomic mass is 10.0. The van der Waals surface area contributed by atoms with Gasteiger partial charge >= 0.3 is 11.9 Å². The van der Waals surface area contributed by atoms with E-state index in [2.05, 4.69) is 26.0 Å². The van der Waals surface area contributed by atoms with Crippen LogP contribution in [0.25, 0.3) is 0 Å². The van der Waals surface area contributed by atoms with Gasteiger partial charge in [0.2, 0.25) is 0 Å². The Labute approximate surface area is 275 Å². The summed E-state index contributed by atoms with van der Waals surface area (Å²) >= 11 is 0. The minimum atomic E-state index is -0.709. The molecule has 0 saturated heterocycles. The molecule has 4 nitrogen and oxygen atoms in total. The zero-order chi connectivity index (χ0) is 32.2. The van der Waals surface area contributed by atoms with Crippen molar-refractivity contribution in [2.24, 2.45) is 0 Å². The summed E-state index contributed by atoms with van der Waals surface area (Å²) in [4.78, 5) is 23.4. The number of carboxylic acids is 1. The van der Waals surface area contributed by atoms with Crippen molar-refractivity contribution in [3.8, 4) is 0 Å². The van der Waals surface area contributed by atoms with Crippen molar-refractivity contribution in [3.05, 3.63) is 12.2 Å². The number of unbranched alkanes of at least 4 members (excludes halogenated alkanes) is 25. The number of aliphatic carboxylic acids is 1. The van der Waals surface area contributed by atoms with Crippen LogP contribution in [0.3, 0.4) is 0 Å². The van der Waals surface area contributed by atoms with Gasteiger partial charge in [-0.25, -0.2) is 0 Å². The normalized spacial score (nSPS) is 12.2. The van der Waals surface area contributed by atoms with E-state index < -0.39 is 5.97 Å². The van der Waals surface area contributed by atoms with Crippen LogP contribution in [-0.4, -0.2) is 23.1 Å². The van der Waals surface area contributed by atoms with Crippen LogP contribution >= 0.6 is 0 Å². The molecule has 260 valence electrons. The van der Waals surface area contributed by atoms with Gasteiger partial charge in [-0.3, -0.25) is 9.59 Å². The van der Waals surface area contributed by atoms with E-state index in [0.29, 0.717) is 6.42 Å². The van der Waals surface area contributed by atoms with E-state index in [0.717, 1.165) is 57.8 Å². The molecule has 0 aromatic carbocycles. The van der Waals surface area contributed by atoms with Gasteiger partial charge in [0.05, 0.1) is 0 Å². The van der Waals surface area contributed by atoms with E-state index in [1.165, 1.54) is 141 Å². The van der Waals surface area contributed by atoms with Gasteiger partial charge in [-0.2, -0.15) is 0 Å². The fraction of sp³-hybridized carbons (Fsp3) is 0.900. The van der Waals surface area contributed by atoms with Gasteiger partial charge in [0.1, 0.15) is 6.10 Å². The van der Waals surface area contributed by atoms with Crippen LogP contribution < -0.4 is 0 Å². The SMILES string of the molecule is CCCCCC/C=C\CCCCCCCC(=O)OC(CCCCCCCCCCCCCCCC)CCCCCCC(=O)O. The number of carbonyl (C=O) groups excluding carboxylic acids is 1. The van der Waals surface area contributed by atoms with Crippen LogP contribution in [0, 0.1) is 0 Å². The molecule has 1 N–H and O–H groups in total. The van der Waals surface area contributed by atoms with Crippen molar-refractivity contribution in [2.75, 3.05) is 0 Å². The Bertz CT molecular complexity index is 629. The highest BCUT2D eigenvalue weighted by molar-refractivity contribution is 5.69. The Balaban J connectivity index is 3.99. The van der Waals surface area contributed by atoms with Gasteiger partial charge < -0.3 is 9.84 Å². The molecular formula is C40H76O4. The third kappa shape index (κ3) is 35.2. The molecule has 0 aliphatic rings. The van der Waals surface area contributed by atoms with Gasteiger partial charge in [0, 0.05) is 12.8 Å². The summed E-state index contributed by atoms with van der Waals surface area (Å²) in [5.41, 5.74) is 0. The maximum Gasteiger partial charge on any atom is 0.306 e. The summed E-state index contributed by atoms with van der Waals surface area (Å²) in [6.45, 7) is 4.54. The quantitative estimate of drug-likeness (QED) is 0.0430. The molecule has 0 spiro atoms. The Morgan fingerprint density at radius 1 is 0.477 bits per heavy atom. The average Bonchev–Trinajstić information content (AvgIpc) is 3.01. The third-order valence-corrected chi connectivity index (χ3v) is 8.99. The minimum absolute atomic E-state index is 0.0164. The molecule has 44 heavy (non-hydrogen) atoms. The van der Waals surface area contributed by atoms with Crippen LogP contribution in [0.2, 0.25) is 0 Å². The van der Waals surface area contributed by atoms with Crippen LogP contribution in [0.1, 0.15) is 226 Å². The maximum absolute atomic E-state index is 12.6. The first-order valence-electron chi connectivity index (χ1n) is 19.7. The van der Waals surface area contributed by atoms with Crippen molar-refractivity contribution in [1.82, 2.24) is 0 Å². The summed E-state index contributed by atoms with van der Waals surface area (Å²) in [7, 11) is 0. The fourth-order valence-corrected chi connectivity index (χ4v) is 6.06. The van der Waals surface area contributed by atoms with Gasteiger partial charge in [-0.05, 0) is 64.2 Å². The van der Waals surface area contributed by atoms with Gasteiger partial charge in [0.25, 0.3) is 0 Å². The molecule has 4 heteroatoms. The number of allylic oxidation sites excluding steroid dienone is 2. The lowest BCUT2D eigenvalue weighted by Gasteiger charge is -2.18. The smallest absolute Gasteiger partial charge is 0.306 e. The third-order valence-electron chi connectivity index (χ3n) is 8.99. The standard InChI is InChI=1S/C40H76O4/c1-3-5-7-9-11-13-15-17-19-20-22-24-26-30-34-38(35-31-28-29-32-36-39(41)42)44-40(43)37-33-27-25-23-21-18-16-14-12-10-8-6-4-2/h14,16,38H,3-13,15,17-37H2,1-2H3,(H,41,42)/b16-14-. The number of rotatable bonds is 36. The van der Waals surface area contributed by atoms with Crippen molar-refractivity contribution >= 4 is 11.9 Å². The Morgan fingerprint density at radius 2 is 0.818 bits per heavy atom. The second-order valence-electron chi connectivity index (χ2n) is 13.5. The highest BCUT2D eigenvalue weighted by Crippen LogP contribution is 2.19. The average molecular weight is 621 g/mol. The lowest BCUT2D eigenvalue weighted by molar-refractivity contribution is -0.150.